The van der Waals surface area contributed by atoms with Gasteiger partial charge in [-0.1, -0.05) is 0 Å². The van der Waals surface area contributed by atoms with Gasteiger partial charge in [0.05, 0.1) is 19.2 Å². The Morgan fingerprint density at radius 2 is 2.19 bits per heavy atom. The smallest absolute Gasteiger partial charge is 0.301 e. The second-order valence-corrected chi connectivity index (χ2v) is 6.64. The number of hydrogen-bond donors (Lipinski definition) is 1. The second-order valence-electron chi connectivity index (χ2n) is 6.64. The average Bonchev–Trinajstić information content (AvgIpc) is 3.25. The number of aromatic nitrogens is 2. The van der Waals surface area contributed by atoms with E-state index >= 15 is 0 Å². The van der Waals surface area contributed by atoms with Crippen molar-refractivity contribution >= 4 is 11.7 Å². The number of carbonyl (C=O) groups excluding carboxylic acids is 1. The van der Waals surface area contributed by atoms with Gasteiger partial charge in [0, 0.05) is 16.5 Å². The standard InChI is InChI=1S/C17H18N4O6/c1-8(2)20-16-10(6-18-20)13(14(21(23)24)17(22)19-16)9-4-11(25-3)15-12(5-9)26-7-27-15/h4-6,8,13-14H,7H2,1-3H3,(H,19,22). The first-order valence-electron chi connectivity index (χ1n) is 8.41. The summed E-state index contributed by atoms with van der Waals surface area (Å²) in [5, 5.41) is 18.7. The van der Waals surface area contributed by atoms with Gasteiger partial charge in [0.1, 0.15) is 5.82 Å². The third kappa shape index (κ3) is 2.56. The minimum Gasteiger partial charge on any atom is -0.493 e. The maximum Gasteiger partial charge on any atom is 0.301 e. The van der Waals surface area contributed by atoms with Crippen LogP contribution in [0.2, 0.25) is 0 Å². The number of fused-ring (bicyclic) bond motifs is 2. The molecule has 4 rings (SSSR count). The Bertz CT molecular complexity index is 938. The van der Waals surface area contributed by atoms with Crippen molar-refractivity contribution in [1.29, 1.82) is 0 Å². The number of ether oxygens (including phenoxy) is 3. The fourth-order valence-corrected chi connectivity index (χ4v) is 3.54. The molecule has 1 aromatic heterocycles. The van der Waals surface area contributed by atoms with Crippen LogP contribution in [0.4, 0.5) is 5.82 Å². The number of hydrogen-bond acceptors (Lipinski definition) is 7. The van der Waals surface area contributed by atoms with Crippen molar-refractivity contribution < 1.29 is 23.9 Å². The van der Waals surface area contributed by atoms with Gasteiger partial charge in [-0.15, -0.1) is 0 Å². The van der Waals surface area contributed by atoms with Crippen LogP contribution in [0.1, 0.15) is 36.9 Å². The molecule has 2 atom stereocenters. The Morgan fingerprint density at radius 3 is 2.85 bits per heavy atom. The van der Waals surface area contributed by atoms with Crippen LogP contribution < -0.4 is 19.5 Å². The molecule has 0 bridgehead atoms. The van der Waals surface area contributed by atoms with Gasteiger partial charge < -0.3 is 19.5 Å². The highest BCUT2D eigenvalue weighted by Gasteiger charge is 2.48. The Hall–Kier alpha value is -3.30. The third-order valence-electron chi connectivity index (χ3n) is 4.74. The van der Waals surface area contributed by atoms with Gasteiger partial charge in [-0.25, -0.2) is 4.68 Å². The van der Waals surface area contributed by atoms with Crippen LogP contribution in [0.5, 0.6) is 17.2 Å². The molecule has 2 aromatic rings. The summed E-state index contributed by atoms with van der Waals surface area (Å²) in [7, 11) is 1.47. The SMILES string of the molecule is COc1cc(C2c3cnn(C(C)C)c3NC(=O)C2[N+](=O)[O-])cc2c1OCO2. The van der Waals surface area contributed by atoms with Crippen LogP contribution in [0.3, 0.4) is 0 Å². The number of benzene rings is 1. The van der Waals surface area contributed by atoms with Gasteiger partial charge in [0.15, 0.2) is 11.5 Å². The lowest BCUT2D eigenvalue weighted by Crippen LogP contribution is -2.44. The zero-order valence-corrected chi connectivity index (χ0v) is 15.0. The molecule has 0 saturated carbocycles. The minimum absolute atomic E-state index is 0.0202. The lowest BCUT2D eigenvalue weighted by atomic mass is 9.83. The first-order valence-corrected chi connectivity index (χ1v) is 8.41. The summed E-state index contributed by atoms with van der Waals surface area (Å²) in [6, 6.07) is 1.78. The molecule has 2 aliphatic rings. The topological polar surface area (TPSA) is 118 Å². The van der Waals surface area contributed by atoms with Crippen LogP contribution in [0.15, 0.2) is 18.3 Å². The number of nitrogens with one attached hydrogen (secondary N) is 1. The highest BCUT2D eigenvalue weighted by atomic mass is 16.7. The summed E-state index contributed by atoms with van der Waals surface area (Å²) in [5.74, 6) is 0.212. The van der Waals surface area contributed by atoms with E-state index in [4.69, 9.17) is 14.2 Å². The summed E-state index contributed by atoms with van der Waals surface area (Å²) in [4.78, 5) is 23.7. The van der Waals surface area contributed by atoms with Gasteiger partial charge in [-0.2, -0.15) is 5.10 Å². The van der Waals surface area contributed by atoms with Gasteiger partial charge in [-0.05, 0) is 31.5 Å². The Labute approximate surface area is 154 Å². The van der Waals surface area contributed by atoms with Crippen molar-refractivity contribution in [2.45, 2.75) is 31.8 Å². The average molecular weight is 374 g/mol. The lowest BCUT2D eigenvalue weighted by Gasteiger charge is -2.27. The Morgan fingerprint density at radius 1 is 1.41 bits per heavy atom. The molecular weight excluding hydrogens is 356 g/mol. The van der Waals surface area contributed by atoms with Crippen LogP contribution >= 0.6 is 0 Å². The number of amides is 1. The fourth-order valence-electron chi connectivity index (χ4n) is 3.54. The van der Waals surface area contributed by atoms with Gasteiger partial charge in [0.25, 0.3) is 0 Å². The van der Waals surface area contributed by atoms with E-state index in [2.05, 4.69) is 10.4 Å². The molecule has 0 aliphatic carbocycles. The van der Waals surface area contributed by atoms with Crippen molar-refractivity contribution in [1.82, 2.24) is 9.78 Å². The van der Waals surface area contributed by atoms with Gasteiger partial charge >= 0.3 is 11.9 Å². The molecule has 0 radical (unpaired) electrons. The molecule has 10 nitrogen and oxygen atoms in total. The molecule has 2 aliphatic heterocycles. The maximum atomic E-state index is 12.6. The van der Waals surface area contributed by atoms with Crippen molar-refractivity contribution in [3.8, 4) is 17.2 Å². The van der Waals surface area contributed by atoms with E-state index in [9.17, 15) is 14.9 Å². The largest absolute Gasteiger partial charge is 0.493 e. The summed E-state index contributed by atoms with van der Waals surface area (Å²) in [6.45, 7) is 3.87. The first kappa shape index (κ1) is 17.1. The molecule has 0 saturated heterocycles. The zero-order valence-electron chi connectivity index (χ0n) is 15.0. The molecule has 1 aromatic carbocycles. The lowest BCUT2D eigenvalue weighted by molar-refractivity contribution is -0.509. The first-order chi connectivity index (χ1) is 12.9. The molecule has 27 heavy (non-hydrogen) atoms. The molecule has 1 N–H and O–H groups in total. The minimum atomic E-state index is -1.49. The highest BCUT2D eigenvalue weighted by Crippen LogP contribution is 2.47. The Kier molecular flexibility index (Phi) is 3.90. The highest BCUT2D eigenvalue weighted by molar-refractivity contribution is 5.98. The van der Waals surface area contributed by atoms with E-state index in [1.54, 1.807) is 23.0 Å². The van der Waals surface area contributed by atoms with E-state index in [0.29, 0.717) is 34.2 Å². The Balaban J connectivity index is 1.92. The van der Waals surface area contributed by atoms with Crippen LogP contribution in [0, 0.1) is 10.1 Å². The number of nitro groups is 1. The van der Waals surface area contributed by atoms with Crippen molar-refractivity contribution in [3.05, 3.63) is 39.6 Å². The van der Waals surface area contributed by atoms with E-state index < -0.39 is 22.8 Å². The monoisotopic (exact) mass is 374 g/mol. The number of rotatable bonds is 4. The predicted octanol–water partition coefficient (Wildman–Crippen LogP) is 1.93. The fraction of sp³-hybridized carbons (Fsp3) is 0.412. The van der Waals surface area contributed by atoms with Crippen molar-refractivity contribution in [2.24, 2.45) is 0 Å². The summed E-state index contributed by atoms with van der Waals surface area (Å²) < 4.78 is 17.8. The van der Waals surface area contributed by atoms with Crippen LogP contribution in [-0.2, 0) is 4.79 Å². The van der Waals surface area contributed by atoms with Crippen molar-refractivity contribution in [3.63, 3.8) is 0 Å². The number of methoxy groups -OCH3 is 1. The zero-order chi connectivity index (χ0) is 19.3. The van der Waals surface area contributed by atoms with E-state index in [1.807, 2.05) is 13.8 Å². The number of nitrogens with zero attached hydrogens (tertiary/aromatic N) is 3. The molecule has 0 fully saturated rings. The maximum absolute atomic E-state index is 12.6. The predicted molar refractivity (Wildman–Crippen MR) is 93.0 cm³/mol. The third-order valence-corrected chi connectivity index (χ3v) is 4.74. The van der Waals surface area contributed by atoms with Gasteiger partial charge in [0.2, 0.25) is 12.5 Å². The van der Waals surface area contributed by atoms with E-state index in [1.165, 1.54) is 7.11 Å². The quantitative estimate of drug-likeness (QED) is 0.642. The second kappa shape index (κ2) is 6.15. The van der Waals surface area contributed by atoms with Crippen LogP contribution in [0.25, 0.3) is 0 Å². The normalized spacial score (nSPS) is 20.4. The summed E-state index contributed by atoms with van der Waals surface area (Å²) in [5.41, 5.74) is 1.10. The molecular formula is C17H18N4O6. The van der Waals surface area contributed by atoms with E-state index in [-0.39, 0.29) is 12.8 Å². The van der Waals surface area contributed by atoms with E-state index in [0.717, 1.165) is 0 Å². The summed E-state index contributed by atoms with van der Waals surface area (Å²) in [6.07, 6.45) is 1.56. The molecule has 0 spiro atoms. The summed E-state index contributed by atoms with van der Waals surface area (Å²) >= 11 is 0. The number of anilines is 1. The molecule has 2 unspecified atom stereocenters. The number of carbonyl (C=O) groups is 1. The molecule has 3 heterocycles. The molecule has 10 heteroatoms. The van der Waals surface area contributed by atoms with Crippen LogP contribution in [-0.4, -0.2) is 40.6 Å². The van der Waals surface area contributed by atoms with Crippen molar-refractivity contribution in [2.75, 3.05) is 19.2 Å². The van der Waals surface area contributed by atoms with Gasteiger partial charge in [-0.3, -0.25) is 14.9 Å². The molecule has 1 amide bonds. The molecule has 142 valence electrons.